The average molecular weight is 506 g/mol. The van der Waals surface area contributed by atoms with E-state index in [1.54, 1.807) is 21.7 Å². The molecule has 2 heterocycles. The molecule has 1 aromatic heterocycles. The molecule has 32 heavy (non-hydrogen) atoms. The number of anilines is 1. The van der Waals surface area contributed by atoms with Crippen LogP contribution in [0.3, 0.4) is 0 Å². The van der Waals surface area contributed by atoms with E-state index in [-0.39, 0.29) is 11.5 Å². The maximum atomic E-state index is 13.9. The molecule has 1 aliphatic rings. The first-order valence-electron chi connectivity index (χ1n) is 9.92. The third kappa shape index (κ3) is 3.36. The summed E-state index contributed by atoms with van der Waals surface area (Å²) in [5.41, 5.74) is 2.85. The van der Waals surface area contributed by atoms with Crippen molar-refractivity contribution in [3.63, 3.8) is 0 Å². The molecule has 4 aromatic rings. The smallest absolute Gasteiger partial charge is 0.291 e. The van der Waals surface area contributed by atoms with Gasteiger partial charge < -0.3 is 0 Å². The van der Waals surface area contributed by atoms with Gasteiger partial charge in [0.15, 0.2) is 0 Å². The Balaban J connectivity index is 1.86. The number of halogens is 1. The molecule has 0 saturated carbocycles. The van der Waals surface area contributed by atoms with Crippen LogP contribution in [0.1, 0.15) is 22.1 Å². The Morgan fingerprint density at radius 1 is 1.03 bits per heavy atom. The summed E-state index contributed by atoms with van der Waals surface area (Å²) in [4.78, 5) is 31.6. The first kappa shape index (κ1) is 20.7. The highest BCUT2D eigenvalue weighted by molar-refractivity contribution is 9.10. The molecule has 1 amide bonds. The maximum absolute atomic E-state index is 13.9. The van der Waals surface area contributed by atoms with Crippen LogP contribution in [0, 0.1) is 0 Å². The normalized spacial score (nSPS) is 14.6. The van der Waals surface area contributed by atoms with Crippen LogP contribution in [0.15, 0.2) is 93.3 Å². The highest BCUT2D eigenvalue weighted by Crippen LogP contribution is 2.39. The van der Waals surface area contributed by atoms with Crippen LogP contribution in [0.2, 0.25) is 0 Å². The minimum atomic E-state index is -0.656. The molecule has 0 fully saturated rings. The average Bonchev–Trinajstić information content (AvgIpc) is 2.83. The van der Waals surface area contributed by atoms with Crippen LogP contribution < -0.4 is 15.1 Å². The zero-order valence-electron chi connectivity index (χ0n) is 17.0. The lowest BCUT2D eigenvalue weighted by atomic mass is 10.0. The van der Waals surface area contributed by atoms with E-state index < -0.39 is 6.17 Å². The summed E-state index contributed by atoms with van der Waals surface area (Å²) in [6.45, 7) is 0. The number of aromatic amines is 1. The fourth-order valence-electron chi connectivity index (χ4n) is 3.97. The highest BCUT2D eigenvalue weighted by Gasteiger charge is 2.46. The Kier molecular flexibility index (Phi) is 5.40. The second kappa shape index (κ2) is 8.37. The molecule has 0 spiro atoms. The van der Waals surface area contributed by atoms with Gasteiger partial charge in [-0.1, -0.05) is 70.2 Å². The van der Waals surface area contributed by atoms with Crippen molar-refractivity contribution in [1.29, 1.82) is 0 Å². The maximum Gasteiger partial charge on any atom is 0.325 e. The monoisotopic (exact) mass is 505 g/mol. The number of nitrogens with zero attached hydrogens (tertiary/aromatic N) is 3. The summed E-state index contributed by atoms with van der Waals surface area (Å²) in [7, 11) is 0. The molecule has 158 valence electrons. The number of fused-ring (bicyclic) bond motifs is 3. The molecule has 3 aromatic carbocycles. The Hall–Kier alpha value is -3.23. The summed E-state index contributed by atoms with van der Waals surface area (Å²) >= 11 is 4.98. The van der Waals surface area contributed by atoms with Crippen LogP contribution in [0.25, 0.3) is 11.3 Å². The van der Waals surface area contributed by atoms with Gasteiger partial charge in [0, 0.05) is 15.1 Å². The van der Waals surface area contributed by atoms with Gasteiger partial charge in [-0.05, 0) is 47.3 Å². The summed E-state index contributed by atoms with van der Waals surface area (Å²) in [5, 5.41) is 5.20. The molecule has 5 rings (SSSR count). The number of benzene rings is 3. The molecule has 1 aliphatic heterocycles. The first-order valence-corrected chi connectivity index (χ1v) is 11.9. The predicted molar refractivity (Wildman–Crippen MR) is 128 cm³/mol. The van der Waals surface area contributed by atoms with Crippen LogP contribution in [0.5, 0.6) is 0 Å². The van der Waals surface area contributed by atoms with Gasteiger partial charge in [0.25, 0.3) is 12.1 Å². The molecular formula is C24H18BrN4O2S+. The molecule has 0 saturated heterocycles. The van der Waals surface area contributed by atoms with Crippen molar-refractivity contribution >= 4 is 39.3 Å². The minimum absolute atomic E-state index is 0.176. The Labute approximate surface area is 197 Å². The van der Waals surface area contributed by atoms with Gasteiger partial charge in [-0.25, -0.2) is 4.90 Å². The van der Waals surface area contributed by atoms with Crippen molar-refractivity contribution in [2.75, 3.05) is 11.2 Å². The fourth-order valence-corrected chi connectivity index (χ4v) is 4.82. The number of nitrogens with one attached hydrogen (secondary N) is 1. The van der Waals surface area contributed by atoms with Crippen molar-refractivity contribution < 1.29 is 9.48 Å². The molecule has 0 bridgehead atoms. The second-order valence-electron chi connectivity index (χ2n) is 7.21. The number of carbonyl (C=O) groups excluding carboxylic acids is 1. The van der Waals surface area contributed by atoms with Crippen LogP contribution in [0.4, 0.5) is 5.69 Å². The van der Waals surface area contributed by atoms with Gasteiger partial charge >= 0.3 is 11.3 Å². The topological polar surface area (TPSA) is 69.9 Å². The van der Waals surface area contributed by atoms with Crippen molar-refractivity contribution in [3.05, 3.63) is 105 Å². The fraction of sp³-hybridized carbons (Fsp3) is 0.0833. The van der Waals surface area contributed by atoms with Crippen LogP contribution in [-0.2, 0) is 0 Å². The van der Waals surface area contributed by atoms with Crippen molar-refractivity contribution in [2.24, 2.45) is 0 Å². The number of aromatic nitrogens is 3. The lowest BCUT2D eigenvalue weighted by Gasteiger charge is -2.32. The molecule has 1 atom stereocenters. The Morgan fingerprint density at radius 2 is 1.72 bits per heavy atom. The lowest BCUT2D eigenvalue weighted by molar-refractivity contribution is -0.763. The first-order chi connectivity index (χ1) is 15.6. The van der Waals surface area contributed by atoms with E-state index in [1.165, 1.54) is 11.8 Å². The van der Waals surface area contributed by atoms with E-state index in [0.717, 1.165) is 10.0 Å². The van der Waals surface area contributed by atoms with Crippen molar-refractivity contribution in [2.45, 2.75) is 11.3 Å². The number of amides is 1. The molecule has 0 unspecified atom stereocenters. The molecule has 0 aliphatic carbocycles. The zero-order chi connectivity index (χ0) is 22.2. The Morgan fingerprint density at radius 3 is 2.47 bits per heavy atom. The quantitative estimate of drug-likeness (QED) is 0.330. The van der Waals surface area contributed by atoms with E-state index in [1.807, 2.05) is 73.0 Å². The van der Waals surface area contributed by atoms with Crippen molar-refractivity contribution in [3.8, 4) is 11.3 Å². The number of H-pyrrole nitrogens is 1. The molecular weight excluding hydrogens is 488 g/mol. The number of hydrogen-bond donors (Lipinski definition) is 1. The Bertz CT molecular complexity index is 1390. The van der Waals surface area contributed by atoms with Gasteiger partial charge in [0.2, 0.25) is 5.16 Å². The van der Waals surface area contributed by atoms with E-state index in [9.17, 15) is 9.59 Å². The third-order valence-electron chi connectivity index (χ3n) is 5.37. The molecule has 8 heteroatoms. The number of hydrogen-bond acceptors (Lipinski definition) is 4. The van der Waals surface area contributed by atoms with Crippen LogP contribution >= 0.6 is 27.7 Å². The summed E-state index contributed by atoms with van der Waals surface area (Å²) in [5.74, 6) is -0.176. The van der Waals surface area contributed by atoms with Gasteiger partial charge in [-0.2, -0.15) is 0 Å². The molecule has 6 nitrogen and oxygen atoms in total. The molecule has 1 N–H and O–H groups in total. The van der Waals surface area contributed by atoms with Gasteiger partial charge in [-0.15, -0.1) is 0 Å². The van der Waals surface area contributed by atoms with E-state index in [2.05, 4.69) is 20.9 Å². The van der Waals surface area contributed by atoms with Crippen molar-refractivity contribution in [1.82, 2.24) is 10.1 Å². The third-order valence-corrected chi connectivity index (χ3v) is 6.67. The minimum Gasteiger partial charge on any atom is -0.291 e. The largest absolute Gasteiger partial charge is 0.325 e. The summed E-state index contributed by atoms with van der Waals surface area (Å²) < 4.78 is 2.48. The standard InChI is InChI=1S/C24H17BrN4O2S/c1-32-24-26-21(30)20-17-12-6-8-14-19(17)28(23(31)15-9-3-2-4-10-15)22(29(20)27-24)16-11-5-7-13-18(16)25/h2-14,22H,1H3/p+1/t22-/m0/s1. The second-order valence-corrected chi connectivity index (χ2v) is 8.86. The van der Waals surface area contributed by atoms with E-state index >= 15 is 0 Å². The van der Waals surface area contributed by atoms with Gasteiger partial charge in [0.05, 0.1) is 16.8 Å². The number of carbonyl (C=O) groups is 1. The van der Waals surface area contributed by atoms with E-state index in [0.29, 0.717) is 27.7 Å². The SMILES string of the molecule is CSc1n[n+]2c(c(=O)[nH]1)-c1ccccc1N(C(=O)c1ccccc1)[C@@H]2c1ccccc1Br. The van der Waals surface area contributed by atoms with Crippen LogP contribution in [-0.4, -0.2) is 22.2 Å². The van der Waals surface area contributed by atoms with Gasteiger partial charge in [0.1, 0.15) is 0 Å². The lowest BCUT2D eigenvalue weighted by Crippen LogP contribution is -2.61. The van der Waals surface area contributed by atoms with Gasteiger partial charge in [-0.3, -0.25) is 14.6 Å². The number of rotatable bonds is 3. The number of para-hydroxylation sites is 1. The predicted octanol–water partition coefficient (Wildman–Crippen LogP) is 4.42. The zero-order valence-corrected chi connectivity index (χ0v) is 19.4. The highest BCUT2D eigenvalue weighted by atomic mass is 79.9. The number of thioether (sulfide) groups is 1. The molecule has 0 radical (unpaired) electrons. The summed E-state index contributed by atoms with van der Waals surface area (Å²) in [6.07, 6.45) is 1.19. The summed E-state index contributed by atoms with van der Waals surface area (Å²) in [6, 6.07) is 24.3. The van der Waals surface area contributed by atoms with E-state index in [4.69, 9.17) is 5.10 Å².